The summed E-state index contributed by atoms with van der Waals surface area (Å²) in [5.74, 6) is -0.0181. The number of nitrogens with zero attached hydrogens (tertiary/aromatic N) is 2. The highest BCUT2D eigenvalue weighted by atomic mass is 16.5. The number of amides is 1. The van der Waals surface area contributed by atoms with Crippen molar-refractivity contribution in [3.05, 3.63) is 18.7 Å². The lowest BCUT2D eigenvalue weighted by atomic mass is 10.0. The van der Waals surface area contributed by atoms with Gasteiger partial charge in [-0.25, -0.2) is 4.98 Å². The number of ether oxygens (including phenoxy) is 1. The molecule has 0 bridgehead atoms. The van der Waals surface area contributed by atoms with Gasteiger partial charge in [-0.15, -0.1) is 0 Å². The molecule has 6 heteroatoms. The van der Waals surface area contributed by atoms with E-state index in [1.165, 1.54) is 0 Å². The maximum Gasteiger partial charge on any atom is 0.227 e. The lowest BCUT2D eigenvalue weighted by Crippen LogP contribution is -2.47. The monoisotopic (exact) mass is 280 g/mol. The number of carbonyl (C=O) groups is 1. The summed E-state index contributed by atoms with van der Waals surface area (Å²) in [6.07, 6.45) is 6.45. The molecule has 2 N–H and O–H groups in total. The van der Waals surface area contributed by atoms with Crippen LogP contribution >= 0.6 is 0 Å². The lowest BCUT2D eigenvalue weighted by Gasteiger charge is -2.21. The van der Waals surface area contributed by atoms with Crippen molar-refractivity contribution in [2.24, 2.45) is 5.92 Å². The molecule has 112 valence electrons. The van der Waals surface area contributed by atoms with E-state index in [0.717, 1.165) is 19.5 Å². The van der Waals surface area contributed by atoms with Gasteiger partial charge in [0.15, 0.2) is 0 Å². The first kappa shape index (κ1) is 15.0. The van der Waals surface area contributed by atoms with Crippen molar-refractivity contribution in [1.29, 1.82) is 0 Å². The molecule has 1 fully saturated rings. The van der Waals surface area contributed by atoms with Gasteiger partial charge >= 0.3 is 0 Å². The largest absolute Gasteiger partial charge is 0.379 e. The van der Waals surface area contributed by atoms with Crippen LogP contribution in [0.25, 0.3) is 0 Å². The normalized spacial score (nSPS) is 23.7. The first-order valence-electron chi connectivity index (χ1n) is 7.28. The molecule has 1 aliphatic rings. The molecule has 0 aromatic carbocycles. The van der Waals surface area contributed by atoms with Crippen LogP contribution in [0, 0.1) is 5.92 Å². The van der Waals surface area contributed by atoms with E-state index in [1.807, 2.05) is 17.7 Å². The van der Waals surface area contributed by atoms with Crippen molar-refractivity contribution in [2.75, 3.05) is 19.8 Å². The highest BCUT2D eigenvalue weighted by Crippen LogP contribution is 2.14. The summed E-state index contributed by atoms with van der Waals surface area (Å²) in [7, 11) is 0. The molecular weight excluding hydrogens is 256 g/mol. The molecule has 20 heavy (non-hydrogen) atoms. The van der Waals surface area contributed by atoms with E-state index in [1.54, 1.807) is 12.5 Å². The van der Waals surface area contributed by atoms with Crippen molar-refractivity contribution < 1.29 is 9.53 Å². The minimum Gasteiger partial charge on any atom is -0.379 e. The van der Waals surface area contributed by atoms with Crippen LogP contribution < -0.4 is 10.6 Å². The van der Waals surface area contributed by atoms with Crippen LogP contribution in [-0.2, 0) is 16.1 Å². The Morgan fingerprint density at radius 1 is 1.55 bits per heavy atom. The molecule has 2 rings (SSSR count). The molecule has 2 heterocycles. The summed E-state index contributed by atoms with van der Waals surface area (Å²) in [6, 6.07) is 0.208. The minimum absolute atomic E-state index is 0.0729. The summed E-state index contributed by atoms with van der Waals surface area (Å²) in [5, 5.41) is 6.44. The molecule has 3 unspecified atom stereocenters. The maximum absolute atomic E-state index is 12.3. The van der Waals surface area contributed by atoms with Gasteiger partial charge in [0.25, 0.3) is 0 Å². The summed E-state index contributed by atoms with van der Waals surface area (Å²) in [6.45, 7) is 6.89. The predicted molar refractivity (Wildman–Crippen MR) is 76.2 cm³/mol. The van der Waals surface area contributed by atoms with Gasteiger partial charge in [0, 0.05) is 31.0 Å². The van der Waals surface area contributed by atoms with Crippen molar-refractivity contribution in [3.63, 3.8) is 0 Å². The Morgan fingerprint density at radius 3 is 3.10 bits per heavy atom. The van der Waals surface area contributed by atoms with Gasteiger partial charge in [0.2, 0.25) is 5.91 Å². The number of imidazole rings is 1. The summed E-state index contributed by atoms with van der Waals surface area (Å²) >= 11 is 0. The Hall–Kier alpha value is -1.40. The Morgan fingerprint density at radius 2 is 2.40 bits per heavy atom. The zero-order valence-corrected chi connectivity index (χ0v) is 12.2. The van der Waals surface area contributed by atoms with Crippen molar-refractivity contribution >= 4 is 5.91 Å². The Bertz CT molecular complexity index is 407. The fraction of sp³-hybridized carbons (Fsp3) is 0.714. The molecule has 0 aliphatic carbocycles. The average molecular weight is 280 g/mol. The van der Waals surface area contributed by atoms with Crippen LogP contribution in [0.2, 0.25) is 0 Å². The molecule has 1 aliphatic heterocycles. The zero-order valence-electron chi connectivity index (χ0n) is 12.2. The quantitative estimate of drug-likeness (QED) is 0.759. The number of carbonyl (C=O) groups excluding carboxylic acids is 1. The smallest absolute Gasteiger partial charge is 0.227 e. The van der Waals surface area contributed by atoms with E-state index >= 15 is 0 Å². The topological polar surface area (TPSA) is 68.2 Å². The molecular formula is C14H24N4O2. The SMILES string of the molecule is CCCNC1COCC1C(=O)NC(C)Cn1ccnc1. The Kier molecular flexibility index (Phi) is 5.55. The van der Waals surface area contributed by atoms with Crippen molar-refractivity contribution in [1.82, 2.24) is 20.2 Å². The van der Waals surface area contributed by atoms with Crippen LogP contribution in [0.5, 0.6) is 0 Å². The first-order valence-corrected chi connectivity index (χ1v) is 7.28. The summed E-state index contributed by atoms with van der Waals surface area (Å²) < 4.78 is 7.40. The molecule has 0 spiro atoms. The maximum atomic E-state index is 12.3. The van der Waals surface area contributed by atoms with Gasteiger partial charge in [-0.05, 0) is 19.9 Å². The fourth-order valence-electron chi connectivity index (χ4n) is 2.45. The molecule has 1 aromatic rings. The van der Waals surface area contributed by atoms with Crippen LogP contribution in [-0.4, -0.2) is 47.3 Å². The third-order valence-electron chi connectivity index (χ3n) is 3.51. The minimum atomic E-state index is -0.0909. The molecule has 1 aromatic heterocycles. The van der Waals surface area contributed by atoms with Crippen LogP contribution in [0.1, 0.15) is 20.3 Å². The predicted octanol–water partition coefficient (Wildman–Crippen LogP) is 0.402. The Balaban J connectivity index is 1.80. The third-order valence-corrected chi connectivity index (χ3v) is 3.51. The van der Waals surface area contributed by atoms with Gasteiger partial charge in [0.05, 0.1) is 25.5 Å². The lowest BCUT2D eigenvalue weighted by molar-refractivity contribution is -0.126. The van der Waals surface area contributed by atoms with E-state index in [2.05, 4.69) is 22.5 Å². The van der Waals surface area contributed by atoms with E-state index < -0.39 is 0 Å². The number of nitrogens with one attached hydrogen (secondary N) is 2. The molecule has 6 nitrogen and oxygen atoms in total. The second kappa shape index (κ2) is 7.40. The van der Waals surface area contributed by atoms with E-state index in [0.29, 0.717) is 13.2 Å². The molecule has 1 amide bonds. The number of hydrogen-bond donors (Lipinski definition) is 2. The van der Waals surface area contributed by atoms with Gasteiger partial charge in [-0.3, -0.25) is 4.79 Å². The van der Waals surface area contributed by atoms with Crippen LogP contribution in [0.4, 0.5) is 0 Å². The summed E-state index contributed by atoms with van der Waals surface area (Å²) in [4.78, 5) is 16.3. The number of rotatable bonds is 7. The van der Waals surface area contributed by atoms with E-state index in [-0.39, 0.29) is 23.9 Å². The van der Waals surface area contributed by atoms with Crippen LogP contribution in [0.15, 0.2) is 18.7 Å². The van der Waals surface area contributed by atoms with Crippen molar-refractivity contribution in [3.8, 4) is 0 Å². The van der Waals surface area contributed by atoms with Crippen LogP contribution in [0.3, 0.4) is 0 Å². The molecule has 1 saturated heterocycles. The van der Waals surface area contributed by atoms with Gasteiger partial charge in [-0.1, -0.05) is 6.92 Å². The second-order valence-electron chi connectivity index (χ2n) is 5.37. The molecule has 0 saturated carbocycles. The van der Waals surface area contributed by atoms with Gasteiger partial charge in [0.1, 0.15) is 0 Å². The van der Waals surface area contributed by atoms with Gasteiger partial charge < -0.3 is 19.9 Å². The first-order chi connectivity index (χ1) is 9.70. The average Bonchev–Trinajstić information content (AvgIpc) is 3.06. The fourth-order valence-corrected chi connectivity index (χ4v) is 2.45. The van der Waals surface area contributed by atoms with E-state index in [9.17, 15) is 4.79 Å². The highest BCUT2D eigenvalue weighted by molar-refractivity contribution is 5.80. The molecule has 0 radical (unpaired) electrons. The Labute approximate surface area is 119 Å². The second-order valence-corrected chi connectivity index (χ2v) is 5.37. The van der Waals surface area contributed by atoms with E-state index in [4.69, 9.17) is 4.74 Å². The number of aromatic nitrogens is 2. The summed E-state index contributed by atoms with van der Waals surface area (Å²) in [5.41, 5.74) is 0. The molecule has 3 atom stereocenters. The number of hydrogen-bond acceptors (Lipinski definition) is 4. The zero-order chi connectivity index (χ0) is 14.4. The highest BCUT2D eigenvalue weighted by Gasteiger charge is 2.33. The van der Waals surface area contributed by atoms with Crippen molar-refractivity contribution in [2.45, 2.75) is 38.9 Å². The standard InChI is InChI=1S/C14H24N4O2/c1-3-4-16-13-9-20-8-12(13)14(19)17-11(2)7-18-6-5-15-10-18/h5-6,10-13,16H,3-4,7-9H2,1-2H3,(H,17,19). The third kappa shape index (κ3) is 4.05. The van der Waals surface area contributed by atoms with Gasteiger partial charge in [-0.2, -0.15) is 0 Å².